The molecule has 4 nitrogen and oxygen atoms in total. The number of nitrogens with zero attached hydrogens (tertiary/aromatic N) is 1. The number of likely N-dealkylation sites (tertiary alicyclic amines) is 1. The number of hydrogen-bond acceptors (Lipinski definition) is 3. The third-order valence-corrected chi connectivity index (χ3v) is 4.83. The Labute approximate surface area is 169 Å². The molecule has 1 unspecified atom stereocenters. The quantitative estimate of drug-likeness (QED) is 0.618. The van der Waals surface area contributed by atoms with Gasteiger partial charge in [-0.2, -0.15) is 0 Å². The van der Waals surface area contributed by atoms with Gasteiger partial charge in [-0.1, -0.05) is 40.7 Å². The van der Waals surface area contributed by atoms with E-state index < -0.39 is 5.60 Å². The molecular weight excluding hydrogens is 406 g/mol. The van der Waals surface area contributed by atoms with E-state index in [1.807, 2.05) is 6.08 Å². The molecule has 1 saturated heterocycles. The molecule has 1 fully saturated rings. The maximum Gasteiger partial charge on any atom is 0.116 e. The minimum Gasteiger partial charge on any atom is -0.510 e. The van der Waals surface area contributed by atoms with E-state index in [1.165, 1.54) is 0 Å². The molecule has 0 saturated carbocycles. The second-order valence-corrected chi connectivity index (χ2v) is 7.62. The topological polar surface area (TPSA) is 75.2 Å². The Kier molecular flexibility index (Phi) is 8.92. The number of rotatable bonds is 1. The van der Waals surface area contributed by atoms with E-state index in [2.05, 4.69) is 45.6 Å². The van der Waals surface area contributed by atoms with E-state index in [0.29, 0.717) is 18.7 Å². The van der Waals surface area contributed by atoms with Crippen molar-refractivity contribution in [3.05, 3.63) is 31.0 Å². The van der Waals surface area contributed by atoms with E-state index >= 15 is 0 Å². The SMILES string of the molecule is CC(C)(C)C1(O)CN(C2=C(O)CCC=C2)CC1(C)C.O.[CH3-].[Ce]. The van der Waals surface area contributed by atoms with E-state index in [-0.39, 0.29) is 65.5 Å². The van der Waals surface area contributed by atoms with Crippen molar-refractivity contribution < 1.29 is 57.4 Å². The zero-order valence-electron chi connectivity index (χ0n) is 14.8. The summed E-state index contributed by atoms with van der Waals surface area (Å²) in [6, 6.07) is 0. The smallest absolute Gasteiger partial charge is 0.116 e. The molecule has 2 aliphatic rings. The second-order valence-electron chi connectivity index (χ2n) is 7.62. The fourth-order valence-corrected chi connectivity index (χ4v) is 3.50. The van der Waals surface area contributed by atoms with Gasteiger partial charge in [0.1, 0.15) is 5.76 Å². The van der Waals surface area contributed by atoms with Gasteiger partial charge in [0.2, 0.25) is 0 Å². The molecule has 2 rings (SSSR count). The molecular formula is C17H32CeNO3-. The minimum atomic E-state index is -0.765. The number of aliphatic hydroxyl groups is 2. The van der Waals surface area contributed by atoms with Crippen molar-refractivity contribution in [2.45, 2.75) is 53.1 Å². The molecule has 0 aromatic rings. The fraction of sp³-hybridized carbons (Fsp3) is 0.706. The van der Waals surface area contributed by atoms with Gasteiger partial charge in [-0.3, -0.25) is 0 Å². The summed E-state index contributed by atoms with van der Waals surface area (Å²) in [5.41, 5.74) is -0.276. The van der Waals surface area contributed by atoms with Crippen molar-refractivity contribution >= 4 is 0 Å². The van der Waals surface area contributed by atoms with Crippen LogP contribution in [-0.2, 0) is 0 Å². The van der Waals surface area contributed by atoms with Gasteiger partial charge in [0.15, 0.2) is 0 Å². The van der Waals surface area contributed by atoms with Gasteiger partial charge in [0, 0.05) is 66.7 Å². The fourth-order valence-electron chi connectivity index (χ4n) is 3.50. The standard InChI is InChI=1S/C16H27NO2.CH3.Ce.H2O/c1-14(2,3)16(19)11-17(10-15(16,4)5)12-8-6-7-9-13(12)18;;;/h6,8,18-19H,7,9-11H2,1-5H3;1H3;;1H2/q;-1;;. The van der Waals surface area contributed by atoms with Crippen molar-refractivity contribution in [1.82, 2.24) is 4.90 Å². The van der Waals surface area contributed by atoms with Crippen LogP contribution in [0.15, 0.2) is 23.6 Å². The molecule has 22 heavy (non-hydrogen) atoms. The Balaban J connectivity index is 0. The van der Waals surface area contributed by atoms with Crippen LogP contribution >= 0.6 is 0 Å². The van der Waals surface area contributed by atoms with Crippen LogP contribution in [0, 0.1) is 60.0 Å². The van der Waals surface area contributed by atoms with E-state index in [4.69, 9.17) is 0 Å². The van der Waals surface area contributed by atoms with Gasteiger partial charge < -0.3 is 28.0 Å². The first kappa shape index (κ1) is 24.6. The van der Waals surface area contributed by atoms with Crippen molar-refractivity contribution in [2.75, 3.05) is 13.1 Å². The first-order valence-corrected chi connectivity index (χ1v) is 7.14. The molecule has 1 aliphatic heterocycles. The average Bonchev–Trinajstić information content (AvgIpc) is 2.50. The summed E-state index contributed by atoms with van der Waals surface area (Å²) in [5.74, 6) is 0.455. The van der Waals surface area contributed by atoms with Crippen molar-refractivity contribution in [1.29, 1.82) is 0 Å². The Bertz CT molecular complexity index is 438. The maximum absolute atomic E-state index is 11.2. The molecule has 4 N–H and O–H groups in total. The summed E-state index contributed by atoms with van der Waals surface area (Å²) in [6.07, 6.45) is 5.69. The number of allylic oxidation sites excluding steroid dienone is 3. The van der Waals surface area contributed by atoms with Crippen LogP contribution in [0.3, 0.4) is 0 Å². The van der Waals surface area contributed by atoms with Crippen LogP contribution in [0.1, 0.15) is 47.5 Å². The Morgan fingerprint density at radius 2 is 1.73 bits per heavy atom. The molecule has 0 aromatic heterocycles. The monoisotopic (exact) mass is 438 g/mol. The molecule has 5 heteroatoms. The van der Waals surface area contributed by atoms with Gasteiger partial charge in [0.05, 0.1) is 11.3 Å². The van der Waals surface area contributed by atoms with Crippen molar-refractivity contribution in [3.63, 3.8) is 0 Å². The molecule has 0 spiro atoms. The summed E-state index contributed by atoms with van der Waals surface area (Å²) < 4.78 is 0. The molecule has 0 bridgehead atoms. The summed E-state index contributed by atoms with van der Waals surface area (Å²) in [7, 11) is 0. The van der Waals surface area contributed by atoms with Crippen LogP contribution in [-0.4, -0.2) is 39.3 Å². The second kappa shape index (κ2) is 7.97. The first-order chi connectivity index (χ1) is 8.58. The van der Waals surface area contributed by atoms with Gasteiger partial charge in [-0.15, -0.1) is 0 Å². The minimum absolute atomic E-state index is 0. The van der Waals surface area contributed by atoms with Crippen LogP contribution in [0.5, 0.6) is 0 Å². The van der Waals surface area contributed by atoms with E-state index in [1.54, 1.807) is 0 Å². The molecule has 1 atom stereocenters. The molecule has 0 aromatic carbocycles. The molecule has 0 amide bonds. The Morgan fingerprint density at radius 1 is 1.18 bits per heavy atom. The van der Waals surface area contributed by atoms with Crippen LogP contribution in [0.25, 0.3) is 0 Å². The van der Waals surface area contributed by atoms with E-state index in [9.17, 15) is 10.2 Å². The predicted molar refractivity (Wildman–Crippen MR) is 87.8 cm³/mol. The molecule has 1 heterocycles. The first-order valence-electron chi connectivity index (χ1n) is 7.14. The molecule has 0 radical (unpaired) electrons. The van der Waals surface area contributed by atoms with Crippen LogP contribution in [0.2, 0.25) is 0 Å². The number of hydrogen-bond donors (Lipinski definition) is 2. The normalized spacial score (nSPS) is 26.9. The van der Waals surface area contributed by atoms with Crippen LogP contribution < -0.4 is 0 Å². The zero-order valence-corrected chi connectivity index (χ0v) is 18.0. The number of β-amino-alcohol motifs (C(OH)–C–C–N with tert-alkyl or cyclic N) is 1. The van der Waals surface area contributed by atoms with Gasteiger partial charge in [-0.25, -0.2) is 0 Å². The zero-order chi connectivity index (χ0) is 14.5. The Hall–Kier alpha value is 0.377. The molecule has 128 valence electrons. The third-order valence-electron chi connectivity index (χ3n) is 4.83. The van der Waals surface area contributed by atoms with E-state index in [0.717, 1.165) is 18.7 Å². The van der Waals surface area contributed by atoms with Crippen molar-refractivity contribution in [2.24, 2.45) is 10.8 Å². The third kappa shape index (κ3) is 4.07. The molecule has 1 aliphatic carbocycles. The maximum atomic E-state index is 11.2. The van der Waals surface area contributed by atoms with Gasteiger partial charge >= 0.3 is 0 Å². The van der Waals surface area contributed by atoms with Crippen molar-refractivity contribution in [3.8, 4) is 0 Å². The number of aliphatic hydroxyl groups excluding tert-OH is 1. The Morgan fingerprint density at radius 3 is 2.14 bits per heavy atom. The van der Waals surface area contributed by atoms with Gasteiger partial charge in [-0.05, 0) is 17.9 Å². The van der Waals surface area contributed by atoms with Crippen LogP contribution in [0.4, 0.5) is 0 Å². The largest absolute Gasteiger partial charge is 0.510 e. The summed E-state index contributed by atoms with van der Waals surface area (Å²) >= 11 is 0. The predicted octanol–water partition coefficient (Wildman–Crippen LogP) is 2.85. The summed E-state index contributed by atoms with van der Waals surface area (Å²) in [4.78, 5) is 2.14. The summed E-state index contributed by atoms with van der Waals surface area (Å²) in [6.45, 7) is 11.8. The summed E-state index contributed by atoms with van der Waals surface area (Å²) in [5, 5.41) is 21.3. The average molecular weight is 439 g/mol. The van der Waals surface area contributed by atoms with Gasteiger partial charge in [0.25, 0.3) is 0 Å².